The number of piperazine rings is 1. The molecule has 0 radical (unpaired) electrons. The number of hydrogen-bond acceptors (Lipinski definition) is 4. The minimum absolute atomic E-state index is 0.180. The number of carbonyl (C=O) groups is 2. The summed E-state index contributed by atoms with van der Waals surface area (Å²) in [5, 5.41) is 8.42. The second-order valence-electron chi connectivity index (χ2n) is 7.82. The summed E-state index contributed by atoms with van der Waals surface area (Å²) in [7, 11) is 0. The van der Waals surface area contributed by atoms with E-state index in [0.29, 0.717) is 35.8 Å². The van der Waals surface area contributed by atoms with Gasteiger partial charge < -0.3 is 15.1 Å². The van der Waals surface area contributed by atoms with Gasteiger partial charge in [-0.15, -0.1) is 0 Å². The van der Waals surface area contributed by atoms with Crippen molar-refractivity contribution in [2.75, 3.05) is 36.4 Å². The summed E-state index contributed by atoms with van der Waals surface area (Å²) in [6.07, 6.45) is 0.526. The number of benzene rings is 3. The highest BCUT2D eigenvalue weighted by atomic mass is 35.5. The van der Waals surface area contributed by atoms with E-state index >= 15 is 0 Å². The number of halogens is 1. The van der Waals surface area contributed by atoms with Gasteiger partial charge in [-0.3, -0.25) is 14.9 Å². The van der Waals surface area contributed by atoms with Gasteiger partial charge in [0.1, 0.15) is 0 Å². The van der Waals surface area contributed by atoms with E-state index in [9.17, 15) is 9.59 Å². The van der Waals surface area contributed by atoms with Crippen LogP contribution in [0.3, 0.4) is 0 Å². The van der Waals surface area contributed by atoms with Gasteiger partial charge in [-0.1, -0.05) is 54.9 Å². The van der Waals surface area contributed by atoms with Gasteiger partial charge in [-0.25, -0.2) is 0 Å². The Balaban J connectivity index is 1.38. The SMILES string of the molecule is CCC(=O)N1CCN(c2ccc(NC(=S)NC(=O)c3cccc4ccccc34)cc2Cl)CC1. The lowest BCUT2D eigenvalue weighted by atomic mass is 10.0. The lowest BCUT2D eigenvalue weighted by molar-refractivity contribution is -0.131. The van der Waals surface area contributed by atoms with E-state index in [1.165, 1.54) is 0 Å². The summed E-state index contributed by atoms with van der Waals surface area (Å²) in [6, 6.07) is 18.9. The molecule has 0 bridgehead atoms. The van der Waals surface area contributed by atoms with E-state index in [1.807, 2.05) is 60.4 Å². The average molecular weight is 481 g/mol. The molecule has 2 amide bonds. The van der Waals surface area contributed by atoms with Crippen molar-refractivity contribution >= 4 is 62.9 Å². The van der Waals surface area contributed by atoms with Crippen molar-refractivity contribution < 1.29 is 9.59 Å². The molecule has 0 saturated carbocycles. The normalized spacial score (nSPS) is 13.6. The van der Waals surface area contributed by atoms with Crippen LogP contribution < -0.4 is 15.5 Å². The van der Waals surface area contributed by atoms with Gasteiger partial charge in [-0.05, 0) is 47.3 Å². The third-order valence-electron chi connectivity index (χ3n) is 5.74. The number of amides is 2. The van der Waals surface area contributed by atoms with E-state index < -0.39 is 0 Å². The van der Waals surface area contributed by atoms with Gasteiger partial charge in [0, 0.05) is 43.9 Å². The Kier molecular flexibility index (Phi) is 7.11. The number of carbonyl (C=O) groups excluding carboxylic acids is 2. The van der Waals surface area contributed by atoms with Gasteiger partial charge in [-0.2, -0.15) is 0 Å². The van der Waals surface area contributed by atoms with Crippen LogP contribution in [0.1, 0.15) is 23.7 Å². The zero-order valence-corrected chi connectivity index (χ0v) is 19.9. The van der Waals surface area contributed by atoms with E-state index in [1.54, 1.807) is 12.1 Å². The Morgan fingerprint density at radius 3 is 2.45 bits per heavy atom. The molecule has 3 aromatic rings. The minimum Gasteiger partial charge on any atom is -0.367 e. The summed E-state index contributed by atoms with van der Waals surface area (Å²) in [5.41, 5.74) is 2.16. The Bertz CT molecular complexity index is 1200. The molecule has 0 spiro atoms. The van der Waals surface area contributed by atoms with Crippen molar-refractivity contribution in [1.29, 1.82) is 0 Å². The Morgan fingerprint density at radius 2 is 1.73 bits per heavy atom. The topological polar surface area (TPSA) is 64.7 Å². The molecule has 2 N–H and O–H groups in total. The maximum Gasteiger partial charge on any atom is 0.258 e. The predicted molar refractivity (Wildman–Crippen MR) is 138 cm³/mol. The molecule has 8 heteroatoms. The Labute approximate surface area is 203 Å². The van der Waals surface area contributed by atoms with E-state index in [-0.39, 0.29) is 16.9 Å². The molecule has 0 unspecified atom stereocenters. The molecule has 3 aromatic carbocycles. The highest BCUT2D eigenvalue weighted by Gasteiger charge is 2.21. The standard InChI is InChI=1S/C25H25ClN4O2S/c1-2-23(31)30-14-12-29(13-15-30)22-11-10-18(16-21(22)26)27-25(33)28-24(32)20-9-5-7-17-6-3-4-8-19(17)20/h3-11,16H,2,12-15H2,1H3,(H2,27,28,32,33). The lowest BCUT2D eigenvalue weighted by Crippen LogP contribution is -2.48. The van der Waals surface area contributed by atoms with Crippen LogP contribution in [-0.2, 0) is 4.79 Å². The minimum atomic E-state index is -0.272. The fourth-order valence-corrected chi connectivity index (χ4v) is 4.53. The molecule has 1 heterocycles. The van der Waals surface area contributed by atoms with Gasteiger partial charge in [0.25, 0.3) is 5.91 Å². The monoisotopic (exact) mass is 480 g/mol. The highest BCUT2D eigenvalue weighted by molar-refractivity contribution is 7.80. The summed E-state index contributed by atoms with van der Waals surface area (Å²) >= 11 is 11.9. The molecule has 33 heavy (non-hydrogen) atoms. The second-order valence-corrected chi connectivity index (χ2v) is 8.64. The molecule has 6 nitrogen and oxygen atoms in total. The fourth-order valence-electron chi connectivity index (χ4n) is 4.02. The summed E-state index contributed by atoms with van der Waals surface area (Å²) in [6.45, 7) is 4.72. The van der Waals surface area contributed by atoms with Crippen LogP contribution in [0.25, 0.3) is 10.8 Å². The number of anilines is 2. The lowest BCUT2D eigenvalue weighted by Gasteiger charge is -2.36. The molecule has 170 valence electrons. The van der Waals surface area contributed by atoms with Crippen molar-refractivity contribution in [3.63, 3.8) is 0 Å². The third kappa shape index (κ3) is 5.26. The molecule has 1 fully saturated rings. The van der Waals surface area contributed by atoms with Crippen molar-refractivity contribution in [3.8, 4) is 0 Å². The van der Waals surface area contributed by atoms with Crippen LogP contribution in [0.15, 0.2) is 60.7 Å². The molecular weight excluding hydrogens is 456 g/mol. The zero-order chi connectivity index (χ0) is 23.4. The largest absolute Gasteiger partial charge is 0.367 e. The summed E-state index contributed by atoms with van der Waals surface area (Å²) < 4.78 is 0. The predicted octanol–water partition coefficient (Wildman–Crippen LogP) is 4.68. The molecule has 1 saturated heterocycles. The number of nitrogens with zero attached hydrogens (tertiary/aromatic N) is 2. The first-order valence-electron chi connectivity index (χ1n) is 10.9. The average Bonchev–Trinajstić information content (AvgIpc) is 2.83. The zero-order valence-electron chi connectivity index (χ0n) is 18.3. The Morgan fingerprint density at radius 1 is 1.00 bits per heavy atom. The van der Waals surface area contributed by atoms with Crippen molar-refractivity contribution in [3.05, 3.63) is 71.2 Å². The molecule has 0 aliphatic carbocycles. The molecular formula is C25H25ClN4O2S. The molecule has 4 rings (SSSR count). The summed E-state index contributed by atoms with van der Waals surface area (Å²) in [5.74, 6) is -0.0918. The number of fused-ring (bicyclic) bond motifs is 1. The quantitative estimate of drug-likeness (QED) is 0.531. The first kappa shape index (κ1) is 23.0. The van der Waals surface area contributed by atoms with Crippen molar-refractivity contribution in [2.24, 2.45) is 0 Å². The fraction of sp³-hybridized carbons (Fsp3) is 0.240. The highest BCUT2D eigenvalue weighted by Crippen LogP contribution is 2.30. The smallest absolute Gasteiger partial charge is 0.258 e. The maximum absolute atomic E-state index is 12.8. The molecule has 1 aliphatic rings. The third-order valence-corrected chi connectivity index (χ3v) is 6.25. The summed E-state index contributed by atoms with van der Waals surface area (Å²) in [4.78, 5) is 28.7. The number of hydrogen-bond donors (Lipinski definition) is 2. The van der Waals surface area contributed by atoms with Crippen LogP contribution in [0.2, 0.25) is 5.02 Å². The first-order chi connectivity index (χ1) is 16.0. The van der Waals surface area contributed by atoms with Crippen molar-refractivity contribution in [1.82, 2.24) is 10.2 Å². The van der Waals surface area contributed by atoms with Crippen LogP contribution in [-0.4, -0.2) is 48.0 Å². The van der Waals surface area contributed by atoms with E-state index in [4.69, 9.17) is 23.8 Å². The number of rotatable bonds is 4. The number of thiocarbonyl (C=S) groups is 1. The van der Waals surface area contributed by atoms with Gasteiger partial charge in [0.15, 0.2) is 5.11 Å². The second kappa shape index (κ2) is 10.2. The van der Waals surface area contributed by atoms with Crippen LogP contribution in [0, 0.1) is 0 Å². The van der Waals surface area contributed by atoms with E-state index in [2.05, 4.69) is 15.5 Å². The van der Waals surface area contributed by atoms with Crippen LogP contribution in [0.5, 0.6) is 0 Å². The maximum atomic E-state index is 12.8. The Hall–Kier alpha value is -3.16. The first-order valence-corrected chi connectivity index (χ1v) is 11.7. The molecule has 1 aliphatic heterocycles. The number of nitrogens with one attached hydrogen (secondary N) is 2. The van der Waals surface area contributed by atoms with Gasteiger partial charge in [0.2, 0.25) is 5.91 Å². The van der Waals surface area contributed by atoms with Gasteiger partial charge >= 0.3 is 0 Å². The van der Waals surface area contributed by atoms with Crippen LogP contribution >= 0.6 is 23.8 Å². The molecule has 0 aromatic heterocycles. The van der Waals surface area contributed by atoms with E-state index in [0.717, 1.165) is 29.5 Å². The van der Waals surface area contributed by atoms with Crippen LogP contribution in [0.4, 0.5) is 11.4 Å². The van der Waals surface area contributed by atoms with Crippen molar-refractivity contribution in [2.45, 2.75) is 13.3 Å². The molecule has 0 atom stereocenters. The van der Waals surface area contributed by atoms with Gasteiger partial charge in [0.05, 0.1) is 10.7 Å².